The highest BCUT2D eigenvalue weighted by Gasteiger charge is 2.18. The van der Waals surface area contributed by atoms with E-state index in [1.807, 2.05) is 0 Å². The van der Waals surface area contributed by atoms with Gasteiger partial charge in [-0.05, 0) is 12.5 Å². The number of nitro groups is 1. The molecule has 3 rings (SSSR count). The minimum absolute atomic E-state index is 0.0212. The van der Waals surface area contributed by atoms with Gasteiger partial charge in [0.2, 0.25) is 0 Å². The number of benzene rings is 1. The first kappa shape index (κ1) is 16.8. The normalized spacial score (nSPS) is 10.8. The Morgan fingerprint density at radius 3 is 2.72 bits per heavy atom. The number of non-ortho nitro benzene ring substituents is 1. The molecule has 3 aromatic rings. The maximum Gasteiger partial charge on any atom is 0.339 e. The van der Waals surface area contributed by atoms with Gasteiger partial charge >= 0.3 is 5.97 Å². The first-order valence-electron chi connectivity index (χ1n) is 7.38. The van der Waals surface area contributed by atoms with Gasteiger partial charge in [-0.15, -0.1) is 11.3 Å². The second-order valence-electron chi connectivity index (χ2n) is 5.15. The molecule has 0 radical (unpaired) electrons. The molecule has 0 unspecified atom stereocenters. The highest BCUT2D eigenvalue weighted by atomic mass is 32.1. The third-order valence-electron chi connectivity index (χ3n) is 3.56. The molecule has 128 valence electrons. The topological polar surface area (TPSA) is 104 Å². The number of nitrogens with zero attached hydrogens (tertiary/aromatic N) is 3. The van der Waals surface area contributed by atoms with Crippen LogP contribution >= 0.6 is 11.3 Å². The summed E-state index contributed by atoms with van der Waals surface area (Å²) < 4.78 is 6.33. The first-order valence-corrected chi connectivity index (χ1v) is 8.26. The van der Waals surface area contributed by atoms with Crippen LogP contribution in [0.5, 0.6) is 0 Å². The summed E-state index contributed by atoms with van der Waals surface area (Å²) in [5.74, 6) is -0.555. The van der Waals surface area contributed by atoms with E-state index in [9.17, 15) is 19.7 Å². The van der Waals surface area contributed by atoms with E-state index in [4.69, 9.17) is 4.74 Å². The van der Waals surface area contributed by atoms with E-state index in [2.05, 4.69) is 4.98 Å². The Balaban J connectivity index is 1.98. The standard InChI is InChI=1S/C16H13N3O5S/c1-2-24-16(21)12-8-25-14-13(12)15(20)18(9-17-14)7-10-3-5-11(6-4-10)19(22)23/h3-6,8-9H,2,7H2,1H3. The number of hydrogen-bond donors (Lipinski definition) is 0. The maximum atomic E-state index is 12.7. The molecule has 2 aromatic heterocycles. The lowest BCUT2D eigenvalue weighted by atomic mass is 10.2. The van der Waals surface area contributed by atoms with E-state index in [1.54, 1.807) is 24.4 Å². The fourth-order valence-electron chi connectivity index (χ4n) is 2.36. The van der Waals surface area contributed by atoms with Gasteiger partial charge in [0.05, 0.1) is 35.4 Å². The number of hydrogen-bond acceptors (Lipinski definition) is 7. The third-order valence-corrected chi connectivity index (χ3v) is 4.44. The molecule has 2 heterocycles. The SMILES string of the molecule is CCOC(=O)c1csc2ncn(Cc3ccc([N+](=O)[O-])cc3)c(=O)c12. The van der Waals surface area contributed by atoms with Crippen molar-refractivity contribution in [2.24, 2.45) is 0 Å². The monoisotopic (exact) mass is 359 g/mol. The third kappa shape index (κ3) is 3.26. The summed E-state index contributed by atoms with van der Waals surface area (Å²) in [5, 5.41) is 12.5. The molecule has 8 nitrogen and oxygen atoms in total. The van der Waals surface area contributed by atoms with E-state index in [1.165, 1.54) is 34.4 Å². The highest BCUT2D eigenvalue weighted by molar-refractivity contribution is 7.17. The van der Waals surface area contributed by atoms with Gasteiger partial charge < -0.3 is 4.74 Å². The van der Waals surface area contributed by atoms with Crippen molar-refractivity contribution >= 4 is 33.2 Å². The molecule has 0 aliphatic heterocycles. The Labute approximate surface area is 145 Å². The van der Waals surface area contributed by atoms with E-state index in [-0.39, 0.29) is 35.3 Å². The van der Waals surface area contributed by atoms with Crippen LogP contribution in [0.4, 0.5) is 5.69 Å². The number of thiophene rings is 1. The van der Waals surface area contributed by atoms with Crippen molar-refractivity contribution < 1.29 is 14.5 Å². The van der Waals surface area contributed by atoms with Crippen LogP contribution in [-0.2, 0) is 11.3 Å². The van der Waals surface area contributed by atoms with Crippen molar-refractivity contribution in [1.29, 1.82) is 0 Å². The molecule has 0 aliphatic rings. The van der Waals surface area contributed by atoms with E-state index >= 15 is 0 Å². The van der Waals surface area contributed by atoms with Gasteiger partial charge in [-0.3, -0.25) is 19.5 Å². The summed E-state index contributed by atoms with van der Waals surface area (Å²) >= 11 is 1.20. The zero-order valence-electron chi connectivity index (χ0n) is 13.2. The fourth-order valence-corrected chi connectivity index (χ4v) is 3.23. The van der Waals surface area contributed by atoms with Crippen molar-refractivity contribution in [3.05, 3.63) is 67.6 Å². The number of ether oxygens (including phenoxy) is 1. The number of esters is 1. The summed E-state index contributed by atoms with van der Waals surface area (Å²) in [6, 6.07) is 5.91. The maximum absolute atomic E-state index is 12.7. The first-order chi connectivity index (χ1) is 12.0. The van der Waals surface area contributed by atoms with Crippen LogP contribution in [0.1, 0.15) is 22.8 Å². The summed E-state index contributed by atoms with van der Waals surface area (Å²) in [4.78, 5) is 39.6. The van der Waals surface area contributed by atoms with Gasteiger partial charge in [0.15, 0.2) is 0 Å². The predicted octanol–water partition coefficient (Wildman–Crippen LogP) is 2.59. The highest BCUT2D eigenvalue weighted by Crippen LogP contribution is 2.22. The van der Waals surface area contributed by atoms with Crippen molar-refractivity contribution in [3.8, 4) is 0 Å². The number of fused-ring (bicyclic) bond motifs is 1. The van der Waals surface area contributed by atoms with Crippen LogP contribution in [0.15, 0.2) is 40.8 Å². The number of nitro benzene ring substituents is 1. The Kier molecular flexibility index (Phi) is 4.57. The lowest BCUT2D eigenvalue weighted by Crippen LogP contribution is -2.22. The molecular formula is C16H13N3O5S. The molecule has 0 saturated heterocycles. The van der Waals surface area contributed by atoms with Crippen LogP contribution in [0.3, 0.4) is 0 Å². The summed E-state index contributed by atoms with van der Waals surface area (Å²) in [7, 11) is 0. The lowest BCUT2D eigenvalue weighted by molar-refractivity contribution is -0.384. The average molecular weight is 359 g/mol. The Hall–Kier alpha value is -3.07. The van der Waals surface area contributed by atoms with Gasteiger partial charge in [0.25, 0.3) is 11.2 Å². The molecule has 0 atom stereocenters. The minimum atomic E-state index is -0.555. The number of carbonyl (C=O) groups is 1. The molecule has 25 heavy (non-hydrogen) atoms. The molecule has 1 aromatic carbocycles. The smallest absolute Gasteiger partial charge is 0.339 e. The van der Waals surface area contributed by atoms with E-state index in [0.717, 1.165) is 0 Å². The predicted molar refractivity (Wildman–Crippen MR) is 92.0 cm³/mol. The van der Waals surface area contributed by atoms with Crippen LogP contribution in [-0.4, -0.2) is 27.1 Å². The van der Waals surface area contributed by atoms with Crippen LogP contribution in [0.2, 0.25) is 0 Å². The number of carbonyl (C=O) groups excluding carboxylic acids is 1. The number of aromatic nitrogens is 2. The summed E-state index contributed by atoms with van der Waals surface area (Å²) in [6.45, 7) is 2.10. The van der Waals surface area contributed by atoms with E-state index < -0.39 is 10.9 Å². The second-order valence-corrected chi connectivity index (χ2v) is 6.01. The van der Waals surface area contributed by atoms with Gasteiger partial charge in [-0.2, -0.15) is 0 Å². The van der Waals surface area contributed by atoms with Crippen molar-refractivity contribution in [2.75, 3.05) is 6.61 Å². The van der Waals surface area contributed by atoms with Crippen molar-refractivity contribution in [2.45, 2.75) is 13.5 Å². The molecule has 0 aliphatic carbocycles. The summed E-state index contributed by atoms with van der Waals surface area (Å²) in [6.07, 6.45) is 1.40. The Morgan fingerprint density at radius 2 is 2.08 bits per heavy atom. The van der Waals surface area contributed by atoms with Crippen molar-refractivity contribution in [3.63, 3.8) is 0 Å². The Morgan fingerprint density at radius 1 is 1.36 bits per heavy atom. The summed E-state index contributed by atoms with van der Waals surface area (Å²) in [5.41, 5.74) is 0.541. The van der Waals surface area contributed by atoms with Crippen molar-refractivity contribution in [1.82, 2.24) is 9.55 Å². The zero-order chi connectivity index (χ0) is 18.0. The lowest BCUT2D eigenvalue weighted by Gasteiger charge is -2.06. The molecule has 0 spiro atoms. The Bertz CT molecular complexity index is 1010. The van der Waals surface area contributed by atoms with Gasteiger partial charge in [-0.25, -0.2) is 9.78 Å². The molecule has 0 N–H and O–H groups in total. The molecule has 0 saturated carbocycles. The van der Waals surface area contributed by atoms with Crippen LogP contribution < -0.4 is 5.56 Å². The second kappa shape index (κ2) is 6.81. The van der Waals surface area contributed by atoms with Gasteiger partial charge in [0, 0.05) is 17.5 Å². The van der Waals surface area contributed by atoms with Gasteiger partial charge in [-0.1, -0.05) is 12.1 Å². The number of rotatable bonds is 5. The van der Waals surface area contributed by atoms with Gasteiger partial charge in [0.1, 0.15) is 4.83 Å². The molecular weight excluding hydrogens is 346 g/mol. The fraction of sp³-hybridized carbons (Fsp3) is 0.188. The minimum Gasteiger partial charge on any atom is -0.462 e. The average Bonchev–Trinajstić information content (AvgIpc) is 3.03. The molecule has 9 heteroatoms. The quantitative estimate of drug-likeness (QED) is 0.394. The zero-order valence-corrected chi connectivity index (χ0v) is 14.0. The molecule has 0 amide bonds. The molecule has 0 bridgehead atoms. The van der Waals surface area contributed by atoms with Crippen LogP contribution in [0, 0.1) is 10.1 Å². The van der Waals surface area contributed by atoms with Crippen LogP contribution in [0.25, 0.3) is 10.2 Å². The van der Waals surface area contributed by atoms with E-state index in [0.29, 0.717) is 10.4 Å². The largest absolute Gasteiger partial charge is 0.462 e. The molecule has 0 fully saturated rings.